The van der Waals surface area contributed by atoms with E-state index in [9.17, 15) is 9.59 Å². The highest BCUT2D eigenvalue weighted by Crippen LogP contribution is 2.45. The van der Waals surface area contributed by atoms with Crippen LogP contribution in [-0.2, 0) is 17.6 Å². The van der Waals surface area contributed by atoms with Gasteiger partial charge in [-0.1, -0.05) is 73.2 Å². The minimum Gasteiger partial charge on any atom is -0.356 e. The number of carbonyl (C=O) groups is 2. The number of hydrogen-bond acceptors (Lipinski definition) is 2. The predicted molar refractivity (Wildman–Crippen MR) is 129 cm³/mol. The SMILES string of the molecule is CCc1ccccc1N1C(=O)[C@@H]2Cc3c([nH]c4ccccc34)C(c3cccc(C)c3)N2C1=O. The average molecular weight is 436 g/mol. The second kappa shape index (κ2) is 7.34. The minimum absolute atomic E-state index is 0.144. The molecule has 2 aliphatic heterocycles. The van der Waals surface area contributed by atoms with E-state index < -0.39 is 6.04 Å². The lowest BCUT2D eigenvalue weighted by Gasteiger charge is -2.36. The number of para-hydroxylation sites is 2. The van der Waals surface area contributed by atoms with Crippen LogP contribution in [0.4, 0.5) is 10.5 Å². The maximum atomic E-state index is 13.9. The van der Waals surface area contributed by atoms with Crippen molar-refractivity contribution in [3.8, 4) is 0 Å². The molecular weight excluding hydrogens is 410 g/mol. The van der Waals surface area contributed by atoms with E-state index in [1.165, 1.54) is 4.90 Å². The number of benzene rings is 3. The first kappa shape index (κ1) is 19.8. The van der Waals surface area contributed by atoms with Crippen molar-refractivity contribution in [1.82, 2.24) is 9.88 Å². The molecule has 3 aromatic carbocycles. The summed E-state index contributed by atoms with van der Waals surface area (Å²) in [4.78, 5) is 34.5. The largest absolute Gasteiger partial charge is 0.356 e. The second-order valence-corrected chi connectivity index (χ2v) is 8.95. The lowest BCUT2D eigenvalue weighted by molar-refractivity contribution is -0.120. The van der Waals surface area contributed by atoms with Gasteiger partial charge >= 0.3 is 6.03 Å². The first-order chi connectivity index (χ1) is 16.1. The van der Waals surface area contributed by atoms with Crippen LogP contribution in [0, 0.1) is 6.92 Å². The molecule has 0 bridgehead atoms. The number of imide groups is 1. The van der Waals surface area contributed by atoms with Gasteiger partial charge in [0.15, 0.2) is 0 Å². The van der Waals surface area contributed by atoms with Crippen molar-refractivity contribution in [3.05, 3.63) is 101 Å². The Morgan fingerprint density at radius 2 is 1.76 bits per heavy atom. The number of hydrogen-bond donors (Lipinski definition) is 1. The number of nitrogens with one attached hydrogen (secondary N) is 1. The van der Waals surface area contributed by atoms with Crippen LogP contribution >= 0.6 is 0 Å². The number of aromatic amines is 1. The monoisotopic (exact) mass is 435 g/mol. The van der Waals surface area contributed by atoms with Gasteiger partial charge in [0.25, 0.3) is 5.91 Å². The van der Waals surface area contributed by atoms with Gasteiger partial charge in [-0.3, -0.25) is 9.69 Å². The highest BCUT2D eigenvalue weighted by Gasteiger charge is 2.53. The summed E-state index contributed by atoms with van der Waals surface area (Å²) in [7, 11) is 0. The molecule has 2 aliphatic rings. The van der Waals surface area contributed by atoms with E-state index in [1.807, 2.05) is 49.4 Å². The molecule has 1 saturated heterocycles. The summed E-state index contributed by atoms with van der Waals surface area (Å²) in [5.41, 5.74) is 7.00. The van der Waals surface area contributed by atoms with Crippen LogP contribution in [0.1, 0.15) is 40.9 Å². The smallest absolute Gasteiger partial charge is 0.332 e. The van der Waals surface area contributed by atoms with E-state index in [-0.39, 0.29) is 18.0 Å². The molecule has 1 N–H and O–H groups in total. The molecule has 1 fully saturated rings. The van der Waals surface area contributed by atoms with Gasteiger partial charge in [-0.25, -0.2) is 9.69 Å². The number of rotatable bonds is 3. The summed E-state index contributed by atoms with van der Waals surface area (Å²) in [6, 6.07) is 23.0. The average Bonchev–Trinajstić information content (AvgIpc) is 3.32. The standard InChI is InChI=1S/C28H25N3O2/c1-3-18-10-4-7-14-23(18)31-27(32)24-16-21-20-12-5-6-13-22(20)29-25(21)26(30(24)28(31)33)19-11-8-9-17(2)15-19/h4-15,24,26,29H,3,16H2,1-2H3/t24-,26?/m0/s1. The quantitative estimate of drug-likeness (QED) is 0.431. The zero-order chi connectivity index (χ0) is 22.7. The van der Waals surface area contributed by atoms with Crippen LogP contribution in [0.5, 0.6) is 0 Å². The fraction of sp³-hybridized carbons (Fsp3) is 0.214. The Bertz CT molecular complexity index is 1420. The maximum Gasteiger partial charge on any atom is 0.332 e. The van der Waals surface area contributed by atoms with Gasteiger partial charge in [0.1, 0.15) is 12.1 Å². The van der Waals surface area contributed by atoms with Gasteiger partial charge in [0.05, 0.1) is 5.69 Å². The van der Waals surface area contributed by atoms with Gasteiger partial charge in [0.2, 0.25) is 0 Å². The number of aromatic nitrogens is 1. The van der Waals surface area contributed by atoms with Crippen LogP contribution in [0.15, 0.2) is 72.8 Å². The molecule has 3 amide bonds. The summed E-state index contributed by atoms with van der Waals surface area (Å²) < 4.78 is 0. The molecule has 5 nitrogen and oxygen atoms in total. The molecule has 5 heteroatoms. The molecule has 6 rings (SSSR count). The Morgan fingerprint density at radius 3 is 2.58 bits per heavy atom. The van der Waals surface area contributed by atoms with Crippen molar-refractivity contribution in [3.63, 3.8) is 0 Å². The number of H-pyrrole nitrogens is 1. The molecule has 1 unspecified atom stereocenters. The zero-order valence-electron chi connectivity index (χ0n) is 18.7. The second-order valence-electron chi connectivity index (χ2n) is 8.95. The first-order valence-corrected chi connectivity index (χ1v) is 11.5. The van der Waals surface area contributed by atoms with Crippen molar-refractivity contribution in [2.24, 2.45) is 0 Å². The molecule has 4 aromatic rings. The van der Waals surface area contributed by atoms with Crippen LogP contribution < -0.4 is 4.90 Å². The number of urea groups is 1. The third-order valence-corrected chi connectivity index (χ3v) is 7.02. The summed E-state index contributed by atoms with van der Waals surface area (Å²) in [5, 5.41) is 1.12. The Labute approximate surface area is 192 Å². The summed E-state index contributed by atoms with van der Waals surface area (Å²) >= 11 is 0. The van der Waals surface area contributed by atoms with Gasteiger partial charge in [0, 0.05) is 23.0 Å². The van der Waals surface area contributed by atoms with Crippen molar-refractivity contribution in [2.75, 3.05) is 4.90 Å². The van der Waals surface area contributed by atoms with Crippen LogP contribution in [0.25, 0.3) is 10.9 Å². The number of anilines is 1. The first-order valence-electron chi connectivity index (χ1n) is 11.5. The van der Waals surface area contributed by atoms with Crippen LogP contribution in [-0.4, -0.2) is 27.9 Å². The van der Waals surface area contributed by atoms with E-state index in [1.54, 1.807) is 4.90 Å². The van der Waals surface area contributed by atoms with Crippen LogP contribution in [0.2, 0.25) is 0 Å². The van der Waals surface area contributed by atoms with E-state index in [2.05, 4.69) is 42.2 Å². The van der Waals surface area contributed by atoms with E-state index in [0.29, 0.717) is 12.1 Å². The maximum absolute atomic E-state index is 13.9. The third-order valence-electron chi connectivity index (χ3n) is 7.02. The highest BCUT2D eigenvalue weighted by molar-refractivity contribution is 6.22. The van der Waals surface area contributed by atoms with Crippen molar-refractivity contribution < 1.29 is 9.59 Å². The van der Waals surface area contributed by atoms with E-state index >= 15 is 0 Å². The van der Waals surface area contributed by atoms with Crippen molar-refractivity contribution >= 4 is 28.5 Å². The number of fused-ring (bicyclic) bond motifs is 4. The molecule has 33 heavy (non-hydrogen) atoms. The normalized spacial score (nSPS) is 19.8. The predicted octanol–water partition coefficient (Wildman–Crippen LogP) is 5.52. The number of nitrogens with zero attached hydrogens (tertiary/aromatic N) is 2. The summed E-state index contributed by atoms with van der Waals surface area (Å²) in [6.07, 6.45) is 1.26. The number of amides is 3. The lowest BCUT2D eigenvalue weighted by atomic mass is 9.88. The lowest BCUT2D eigenvalue weighted by Crippen LogP contribution is -2.44. The Hall–Kier alpha value is -3.86. The van der Waals surface area contributed by atoms with Crippen molar-refractivity contribution in [1.29, 1.82) is 0 Å². The van der Waals surface area contributed by atoms with E-state index in [0.717, 1.165) is 45.3 Å². The Balaban J connectivity index is 1.56. The fourth-order valence-electron chi connectivity index (χ4n) is 5.51. The summed E-state index contributed by atoms with van der Waals surface area (Å²) in [6.45, 7) is 4.10. The number of carbonyl (C=O) groups excluding carboxylic acids is 2. The molecule has 0 aliphatic carbocycles. The molecule has 3 heterocycles. The Morgan fingerprint density at radius 1 is 0.970 bits per heavy atom. The molecular formula is C28H25N3O2. The molecule has 164 valence electrons. The van der Waals surface area contributed by atoms with Gasteiger partial charge in [-0.05, 0) is 42.2 Å². The fourth-order valence-corrected chi connectivity index (χ4v) is 5.51. The molecule has 1 aromatic heterocycles. The topological polar surface area (TPSA) is 56.4 Å². The number of aryl methyl sites for hydroxylation is 2. The van der Waals surface area contributed by atoms with Gasteiger partial charge < -0.3 is 4.98 Å². The van der Waals surface area contributed by atoms with E-state index in [4.69, 9.17) is 0 Å². The molecule has 2 atom stereocenters. The van der Waals surface area contributed by atoms with Crippen molar-refractivity contribution in [2.45, 2.75) is 38.8 Å². The van der Waals surface area contributed by atoms with Gasteiger partial charge in [-0.2, -0.15) is 0 Å². The summed E-state index contributed by atoms with van der Waals surface area (Å²) in [5.74, 6) is -0.144. The third kappa shape index (κ3) is 2.85. The zero-order valence-corrected chi connectivity index (χ0v) is 18.7. The molecule has 0 radical (unpaired) electrons. The Kier molecular flexibility index (Phi) is 4.40. The van der Waals surface area contributed by atoms with Crippen LogP contribution in [0.3, 0.4) is 0 Å². The molecule has 0 spiro atoms. The minimum atomic E-state index is -0.528. The molecule has 0 saturated carbocycles. The van der Waals surface area contributed by atoms with Gasteiger partial charge in [-0.15, -0.1) is 0 Å². The highest BCUT2D eigenvalue weighted by atomic mass is 16.2.